The lowest BCUT2D eigenvalue weighted by molar-refractivity contribution is 0.0993. The fourth-order valence-electron chi connectivity index (χ4n) is 2.02. The minimum Gasteiger partial charge on any atom is -0.497 e. The Kier molecular flexibility index (Phi) is 5.16. The van der Waals surface area contributed by atoms with Gasteiger partial charge in [-0.2, -0.15) is 0 Å². The van der Waals surface area contributed by atoms with E-state index >= 15 is 0 Å². The molecule has 2 aromatic carbocycles. The molecule has 110 valence electrons. The first-order valence-electron chi connectivity index (χ1n) is 7.03. The normalized spacial score (nSPS) is 9.55. The van der Waals surface area contributed by atoms with Crippen molar-refractivity contribution >= 4 is 5.78 Å². The first kappa shape index (κ1) is 15.6. The Bertz CT molecular complexity index is 743. The third-order valence-electron chi connectivity index (χ3n) is 3.12. The van der Waals surface area contributed by atoms with Crippen molar-refractivity contribution in [1.82, 2.24) is 0 Å². The first-order valence-corrected chi connectivity index (χ1v) is 7.03. The zero-order valence-electron chi connectivity index (χ0n) is 12.8. The van der Waals surface area contributed by atoms with Gasteiger partial charge in [0.25, 0.3) is 0 Å². The molecule has 0 unspecified atom stereocenters. The van der Waals surface area contributed by atoms with E-state index in [4.69, 9.17) is 4.74 Å². The number of carbonyl (C=O) groups excluding carboxylic acids is 1. The van der Waals surface area contributed by atoms with E-state index in [1.165, 1.54) is 0 Å². The topological polar surface area (TPSA) is 26.3 Å². The highest BCUT2D eigenvalue weighted by atomic mass is 16.5. The van der Waals surface area contributed by atoms with Crippen LogP contribution in [0.15, 0.2) is 60.7 Å². The van der Waals surface area contributed by atoms with Crippen molar-refractivity contribution in [3.05, 3.63) is 77.4 Å². The first-order chi connectivity index (χ1) is 10.6. The molecule has 2 nitrogen and oxygen atoms in total. The molecule has 2 aromatic rings. The molecule has 0 N–H and O–H groups in total. The summed E-state index contributed by atoms with van der Waals surface area (Å²) in [4.78, 5) is 12.2. The van der Waals surface area contributed by atoms with E-state index in [1.807, 2.05) is 55.5 Å². The van der Waals surface area contributed by atoms with Crippen LogP contribution >= 0.6 is 0 Å². The second kappa shape index (κ2) is 7.28. The smallest absolute Gasteiger partial charge is 0.168 e. The van der Waals surface area contributed by atoms with Gasteiger partial charge in [-0.1, -0.05) is 42.2 Å². The van der Waals surface area contributed by atoms with E-state index in [2.05, 4.69) is 18.4 Å². The molecule has 0 fully saturated rings. The van der Waals surface area contributed by atoms with Crippen LogP contribution in [-0.2, 0) is 0 Å². The minimum absolute atomic E-state index is 0.0483. The Labute approximate surface area is 131 Å². The molecule has 0 saturated carbocycles. The number of allylic oxidation sites excluding steroid dienone is 1. The monoisotopic (exact) mass is 290 g/mol. The highest BCUT2D eigenvalue weighted by molar-refractivity contribution is 5.99. The van der Waals surface area contributed by atoms with Crippen molar-refractivity contribution < 1.29 is 9.53 Å². The summed E-state index contributed by atoms with van der Waals surface area (Å²) in [6.45, 7) is 5.64. The lowest BCUT2D eigenvalue weighted by Crippen LogP contribution is -2.02. The molecule has 22 heavy (non-hydrogen) atoms. The third-order valence-corrected chi connectivity index (χ3v) is 3.12. The summed E-state index contributed by atoms with van der Waals surface area (Å²) in [5, 5.41) is 0. The van der Waals surface area contributed by atoms with Crippen molar-refractivity contribution in [3.8, 4) is 17.6 Å². The van der Waals surface area contributed by atoms with Crippen molar-refractivity contribution in [2.75, 3.05) is 7.11 Å². The summed E-state index contributed by atoms with van der Waals surface area (Å²) in [6, 6.07) is 14.9. The molecule has 0 bridgehead atoms. The van der Waals surface area contributed by atoms with Gasteiger partial charge in [0.2, 0.25) is 0 Å². The summed E-state index contributed by atoms with van der Waals surface area (Å²) in [7, 11) is 1.63. The predicted octanol–water partition coefficient (Wildman–Crippen LogP) is 4.24. The molecular weight excluding hydrogens is 272 g/mol. The molecule has 0 aromatic heterocycles. The van der Waals surface area contributed by atoms with Crippen LogP contribution in [0.4, 0.5) is 0 Å². The van der Waals surface area contributed by atoms with Gasteiger partial charge in [0.1, 0.15) is 5.75 Å². The fraction of sp³-hybridized carbons (Fsp3) is 0.150. The number of ether oxygens (including phenoxy) is 1. The predicted molar refractivity (Wildman–Crippen MR) is 89.2 cm³/mol. The number of hydrogen-bond donors (Lipinski definition) is 0. The molecule has 0 saturated heterocycles. The zero-order chi connectivity index (χ0) is 15.9. The van der Waals surface area contributed by atoms with Crippen LogP contribution in [0.5, 0.6) is 5.75 Å². The number of rotatable bonds is 4. The van der Waals surface area contributed by atoms with E-state index in [9.17, 15) is 4.79 Å². The Balaban J connectivity index is 2.28. The maximum Gasteiger partial charge on any atom is 0.168 e. The van der Waals surface area contributed by atoms with Gasteiger partial charge in [0, 0.05) is 23.1 Å². The van der Waals surface area contributed by atoms with Crippen LogP contribution < -0.4 is 4.74 Å². The number of benzene rings is 2. The lowest BCUT2D eigenvalue weighted by atomic mass is 9.99. The number of Topliss-reactive ketones (excluding diaryl/α,β-unsaturated/α-hetero) is 1. The largest absolute Gasteiger partial charge is 0.497 e. The summed E-state index contributed by atoms with van der Waals surface area (Å²) in [5.74, 6) is 7.00. The molecular formula is C20H18O2. The Morgan fingerprint density at radius 2 is 1.77 bits per heavy atom. The molecule has 0 spiro atoms. The molecule has 2 heteroatoms. The summed E-state index contributed by atoms with van der Waals surface area (Å²) in [5.41, 5.74) is 3.11. The van der Waals surface area contributed by atoms with Gasteiger partial charge in [-0.25, -0.2) is 0 Å². The standard InChI is InChI=1S/C20H18O2/c1-15(2)14-20(21)19-7-5-4-6-17(19)11-8-16-9-12-18(22-3)13-10-16/h4-7,9-10,12-13H,1,14H2,2-3H3. The van der Waals surface area contributed by atoms with E-state index < -0.39 is 0 Å². The maximum absolute atomic E-state index is 12.2. The molecule has 0 aliphatic rings. The molecule has 0 radical (unpaired) electrons. The highest BCUT2D eigenvalue weighted by Gasteiger charge is 2.09. The summed E-state index contributed by atoms with van der Waals surface area (Å²) >= 11 is 0. The van der Waals surface area contributed by atoms with Crippen LogP contribution in [0, 0.1) is 11.8 Å². The van der Waals surface area contributed by atoms with Crippen molar-refractivity contribution in [3.63, 3.8) is 0 Å². The van der Waals surface area contributed by atoms with E-state index in [-0.39, 0.29) is 5.78 Å². The second-order valence-corrected chi connectivity index (χ2v) is 5.08. The molecule has 2 rings (SSSR count). The number of methoxy groups -OCH3 is 1. The van der Waals surface area contributed by atoms with Crippen LogP contribution in [0.1, 0.15) is 34.8 Å². The molecule has 0 amide bonds. The Hall–Kier alpha value is -2.79. The average Bonchev–Trinajstić information content (AvgIpc) is 2.53. The van der Waals surface area contributed by atoms with Gasteiger partial charge in [-0.15, -0.1) is 0 Å². The molecule has 0 aliphatic carbocycles. The SMILES string of the molecule is C=C(C)CC(=O)c1ccccc1C#Cc1ccc(OC)cc1. The highest BCUT2D eigenvalue weighted by Crippen LogP contribution is 2.14. The Morgan fingerprint density at radius 3 is 2.41 bits per heavy atom. The van der Waals surface area contributed by atoms with Crippen molar-refractivity contribution in [2.24, 2.45) is 0 Å². The second-order valence-electron chi connectivity index (χ2n) is 5.08. The van der Waals surface area contributed by atoms with Crippen LogP contribution in [-0.4, -0.2) is 12.9 Å². The van der Waals surface area contributed by atoms with Gasteiger partial charge < -0.3 is 4.74 Å². The van der Waals surface area contributed by atoms with Crippen molar-refractivity contribution in [2.45, 2.75) is 13.3 Å². The molecule has 0 aliphatic heterocycles. The average molecular weight is 290 g/mol. The van der Waals surface area contributed by atoms with Crippen molar-refractivity contribution in [1.29, 1.82) is 0 Å². The van der Waals surface area contributed by atoms with E-state index in [1.54, 1.807) is 7.11 Å². The van der Waals surface area contributed by atoms with Gasteiger partial charge in [0.15, 0.2) is 5.78 Å². The number of hydrogen-bond acceptors (Lipinski definition) is 2. The minimum atomic E-state index is 0.0483. The summed E-state index contributed by atoms with van der Waals surface area (Å²) < 4.78 is 5.12. The van der Waals surface area contributed by atoms with Gasteiger partial charge >= 0.3 is 0 Å². The van der Waals surface area contributed by atoms with E-state index in [0.717, 1.165) is 22.4 Å². The van der Waals surface area contributed by atoms with Gasteiger partial charge in [0.05, 0.1) is 7.11 Å². The fourth-order valence-corrected chi connectivity index (χ4v) is 2.02. The van der Waals surface area contributed by atoms with Gasteiger partial charge in [-0.05, 0) is 37.3 Å². The Morgan fingerprint density at radius 1 is 1.09 bits per heavy atom. The zero-order valence-corrected chi connectivity index (χ0v) is 12.8. The van der Waals surface area contributed by atoms with Crippen LogP contribution in [0.3, 0.4) is 0 Å². The van der Waals surface area contributed by atoms with Crippen LogP contribution in [0.25, 0.3) is 0 Å². The molecule has 0 heterocycles. The number of carbonyl (C=O) groups is 1. The van der Waals surface area contributed by atoms with E-state index in [0.29, 0.717) is 12.0 Å². The molecule has 0 atom stereocenters. The summed E-state index contributed by atoms with van der Waals surface area (Å²) in [6.07, 6.45) is 0.348. The maximum atomic E-state index is 12.2. The van der Waals surface area contributed by atoms with Crippen LogP contribution in [0.2, 0.25) is 0 Å². The quantitative estimate of drug-likeness (QED) is 0.478. The number of ketones is 1. The lowest BCUT2D eigenvalue weighted by Gasteiger charge is -2.03. The van der Waals surface area contributed by atoms with Gasteiger partial charge in [-0.3, -0.25) is 4.79 Å². The third kappa shape index (κ3) is 4.10.